The normalized spacial score (nSPS) is 18.6. The summed E-state index contributed by atoms with van der Waals surface area (Å²) in [6.07, 6.45) is 4.54. The number of carbonyl (C=O) groups excluding carboxylic acids is 1. The molecular weight excluding hydrogens is 438 g/mol. The number of rotatable bonds is 6. The number of carbonyl (C=O) groups is 1. The molecular formula is C24H29N5O3S. The molecule has 0 unspecified atom stereocenters. The number of hydrogen-bond acceptors (Lipinski definition) is 7. The van der Waals surface area contributed by atoms with Crippen LogP contribution in [0.2, 0.25) is 0 Å². The van der Waals surface area contributed by atoms with E-state index in [-0.39, 0.29) is 22.9 Å². The first-order valence-electron chi connectivity index (χ1n) is 11.0. The van der Waals surface area contributed by atoms with Crippen molar-refractivity contribution in [2.45, 2.75) is 42.7 Å². The standard InChI is InChI=1S/C24H29N5O3S/c1-29(2)22-20-9-4-5-10-21(20)27-24(28-22)26-18-13-11-17(12-14-18)25-23(30)16-7-6-8-19(15-16)33(3,31)32/h4-10,15,17-18H,11-14H2,1-3H3,(H,25,30)(H,26,27,28). The molecule has 0 bridgehead atoms. The van der Waals surface area contributed by atoms with Crippen LogP contribution < -0.4 is 15.5 Å². The van der Waals surface area contributed by atoms with Crippen molar-refractivity contribution in [2.75, 3.05) is 30.6 Å². The van der Waals surface area contributed by atoms with Gasteiger partial charge >= 0.3 is 0 Å². The van der Waals surface area contributed by atoms with Crippen LogP contribution >= 0.6 is 0 Å². The number of nitrogens with zero attached hydrogens (tertiary/aromatic N) is 3. The third-order valence-electron chi connectivity index (χ3n) is 5.93. The van der Waals surface area contributed by atoms with Gasteiger partial charge in [-0.05, 0) is 56.0 Å². The number of aromatic nitrogens is 2. The Balaban J connectivity index is 1.37. The summed E-state index contributed by atoms with van der Waals surface area (Å²) in [5.41, 5.74) is 1.26. The molecule has 1 fully saturated rings. The third kappa shape index (κ3) is 5.42. The van der Waals surface area contributed by atoms with Crippen LogP contribution in [0.15, 0.2) is 53.4 Å². The Hall–Kier alpha value is -3.20. The molecule has 9 heteroatoms. The molecule has 1 aliphatic rings. The molecule has 1 saturated carbocycles. The van der Waals surface area contributed by atoms with Gasteiger partial charge in [-0.2, -0.15) is 4.98 Å². The summed E-state index contributed by atoms with van der Waals surface area (Å²) < 4.78 is 23.5. The molecule has 0 saturated heterocycles. The Morgan fingerprint density at radius 2 is 1.67 bits per heavy atom. The Kier molecular flexibility index (Phi) is 6.51. The first kappa shape index (κ1) is 23.0. The number of para-hydroxylation sites is 1. The lowest BCUT2D eigenvalue weighted by molar-refractivity contribution is 0.0926. The third-order valence-corrected chi connectivity index (χ3v) is 7.04. The fourth-order valence-electron chi connectivity index (χ4n) is 4.17. The number of sulfone groups is 1. The summed E-state index contributed by atoms with van der Waals surface area (Å²) in [5, 5.41) is 7.53. The first-order valence-corrected chi connectivity index (χ1v) is 12.9. The van der Waals surface area contributed by atoms with Crippen molar-refractivity contribution in [1.29, 1.82) is 0 Å². The minimum absolute atomic E-state index is 0.0484. The number of anilines is 2. The second-order valence-electron chi connectivity index (χ2n) is 8.75. The second-order valence-corrected chi connectivity index (χ2v) is 10.8. The van der Waals surface area contributed by atoms with Crippen LogP contribution in [0.25, 0.3) is 10.9 Å². The van der Waals surface area contributed by atoms with E-state index in [9.17, 15) is 13.2 Å². The van der Waals surface area contributed by atoms with E-state index < -0.39 is 9.84 Å². The molecule has 2 N–H and O–H groups in total. The lowest BCUT2D eigenvalue weighted by Gasteiger charge is -2.30. The van der Waals surface area contributed by atoms with Gasteiger partial charge in [0, 0.05) is 43.4 Å². The smallest absolute Gasteiger partial charge is 0.251 e. The van der Waals surface area contributed by atoms with E-state index in [1.54, 1.807) is 12.1 Å². The van der Waals surface area contributed by atoms with Crippen molar-refractivity contribution >= 4 is 38.4 Å². The molecule has 8 nitrogen and oxygen atoms in total. The number of benzene rings is 2. The molecule has 0 spiro atoms. The van der Waals surface area contributed by atoms with Gasteiger partial charge < -0.3 is 15.5 Å². The molecule has 0 radical (unpaired) electrons. The minimum atomic E-state index is -3.35. The Bertz CT molecular complexity index is 1270. The van der Waals surface area contributed by atoms with E-state index >= 15 is 0 Å². The number of nitrogens with one attached hydrogen (secondary N) is 2. The van der Waals surface area contributed by atoms with Gasteiger partial charge in [-0.25, -0.2) is 13.4 Å². The van der Waals surface area contributed by atoms with Crippen LogP contribution in [0, 0.1) is 0 Å². The van der Waals surface area contributed by atoms with Gasteiger partial charge in [0.25, 0.3) is 5.91 Å². The molecule has 1 heterocycles. The van der Waals surface area contributed by atoms with E-state index in [2.05, 4.69) is 15.6 Å². The SMILES string of the molecule is CN(C)c1nc(NC2CCC(NC(=O)c3cccc(S(C)(=O)=O)c3)CC2)nc2ccccc12. The lowest BCUT2D eigenvalue weighted by atomic mass is 9.91. The van der Waals surface area contributed by atoms with Crippen LogP contribution in [0.4, 0.5) is 11.8 Å². The molecule has 33 heavy (non-hydrogen) atoms. The number of fused-ring (bicyclic) bond motifs is 1. The van der Waals surface area contributed by atoms with Crippen LogP contribution in [0.3, 0.4) is 0 Å². The molecule has 0 atom stereocenters. The number of amides is 1. The Labute approximate surface area is 194 Å². The zero-order valence-electron chi connectivity index (χ0n) is 19.1. The number of hydrogen-bond donors (Lipinski definition) is 2. The summed E-state index contributed by atoms with van der Waals surface area (Å²) in [6.45, 7) is 0. The fourth-order valence-corrected chi connectivity index (χ4v) is 4.83. The Morgan fingerprint density at radius 1 is 0.970 bits per heavy atom. The topological polar surface area (TPSA) is 104 Å². The monoisotopic (exact) mass is 467 g/mol. The highest BCUT2D eigenvalue weighted by Crippen LogP contribution is 2.26. The van der Waals surface area contributed by atoms with Gasteiger partial charge in [0.05, 0.1) is 10.4 Å². The van der Waals surface area contributed by atoms with Crippen molar-refractivity contribution in [2.24, 2.45) is 0 Å². The van der Waals surface area contributed by atoms with Crippen molar-refractivity contribution in [1.82, 2.24) is 15.3 Å². The summed E-state index contributed by atoms with van der Waals surface area (Å²) >= 11 is 0. The van der Waals surface area contributed by atoms with Crippen molar-refractivity contribution in [3.8, 4) is 0 Å². The van der Waals surface area contributed by atoms with Crippen LogP contribution in [-0.2, 0) is 9.84 Å². The molecule has 1 aliphatic carbocycles. The highest BCUT2D eigenvalue weighted by atomic mass is 32.2. The highest BCUT2D eigenvalue weighted by molar-refractivity contribution is 7.90. The minimum Gasteiger partial charge on any atom is -0.362 e. The zero-order valence-corrected chi connectivity index (χ0v) is 19.9. The van der Waals surface area contributed by atoms with E-state index in [4.69, 9.17) is 4.98 Å². The largest absolute Gasteiger partial charge is 0.362 e. The molecule has 1 aromatic heterocycles. The first-order chi connectivity index (χ1) is 15.7. The van der Waals surface area contributed by atoms with E-state index in [1.807, 2.05) is 43.3 Å². The quantitative estimate of drug-likeness (QED) is 0.573. The van der Waals surface area contributed by atoms with Gasteiger partial charge in [-0.15, -0.1) is 0 Å². The maximum atomic E-state index is 12.6. The Morgan fingerprint density at radius 3 is 2.36 bits per heavy atom. The van der Waals surface area contributed by atoms with Gasteiger partial charge in [-0.3, -0.25) is 4.79 Å². The van der Waals surface area contributed by atoms with E-state index in [0.29, 0.717) is 11.5 Å². The van der Waals surface area contributed by atoms with Crippen LogP contribution in [0.1, 0.15) is 36.0 Å². The predicted octanol–water partition coefficient (Wildman–Crippen LogP) is 3.25. The maximum Gasteiger partial charge on any atom is 0.251 e. The van der Waals surface area contributed by atoms with Crippen molar-refractivity contribution < 1.29 is 13.2 Å². The second kappa shape index (κ2) is 9.35. The molecule has 3 aromatic rings. The summed E-state index contributed by atoms with van der Waals surface area (Å²) in [6, 6.07) is 14.4. The maximum absolute atomic E-state index is 12.6. The fraction of sp³-hybridized carbons (Fsp3) is 0.375. The van der Waals surface area contributed by atoms with Crippen molar-refractivity contribution in [3.63, 3.8) is 0 Å². The van der Waals surface area contributed by atoms with Gasteiger partial charge in [-0.1, -0.05) is 18.2 Å². The summed E-state index contributed by atoms with van der Waals surface area (Å²) in [4.78, 5) is 24.2. The summed E-state index contributed by atoms with van der Waals surface area (Å²) in [5.74, 6) is 1.24. The lowest BCUT2D eigenvalue weighted by Crippen LogP contribution is -2.40. The molecule has 1 amide bonds. The van der Waals surface area contributed by atoms with E-state index in [1.165, 1.54) is 12.1 Å². The average Bonchev–Trinajstić information content (AvgIpc) is 2.79. The van der Waals surface area contributed by atoms with E-state index in [0.717, 1.165) is 48.7 Å². The van der Waals surface area contributed by atoms with Gasteiger partial charge in [0.1, 0.15) is 5.82 Å². The van der Waals surface area contributed by atoms with Crippen molar-refractivity contribution in [3.05, 3.63) is 54.1 Å². The predicted molar refractivity (Wildman–Crippen MR) is 131 cm³/mol. The molecule has 2 aromatic carbocycles. The average molecular weight is 468 g/mol. The highest BCUT2D eigenvalue weighted by Gasteiger charge is 2.24. The van der Waals surface area contributed by atoms with Crippen LogP contribution in [-0.4, -0.2) is 56.7 Å². The molecule has 4 rings (SSSR count). The van der Waals surface area contributed by atoms with Gasteiger partial charge in [0.15, 0.2) is 9.84 Å². The van der Waals surface area contributed by atoms with Crippen LogP contribution in [0.5, 0.6) is 0 Å². The zero-order chi connectivity index (χ0) is 23.6. The summed E-state index contributed by atoms with van der Waals surface area (Å²) in [7, 11) is 0.586. The molecule has 0 aliphatic heterocycles. The molecule has 174 valence electrons. The van der Waals surface area contributed by atoms with Gasteiger partial charge in [0.2, 0.25) is 5.95 Å².